The number of esters is 1. The SMILES string of the molecule is CCCNC(C)(CCOc1ccc(C)cc1)C(=O)OCC. The predicted molar refractivity (Wildman–Crippen MR) is 84.6 cm³/mol. The van der Waals surface area contributed by atoms with Crippen molar-refractivity contribution in [3.63, 3.8) is 0 Å². The highest BCUT2D eigenvalue weighted by Gasteiger charge is 2.33. The third kappa shape index (κ3) is 5.76. The molecule has 0 spiro atoms. The van der Waals surface area contributed by atoms with Crippen LogP contribution in [-0.4, -0.2) is 31.3 Å². The molecule has 1 rings (SSSR count). The van der Waals surface area contributed by atoms with Crippen LogP contribution in [-0.2, 0) is 9.53 Å². The highest BCUT2D eigenvalue weighted by molar-refractivity contribution is 5.80. The number of nitrogens with one attached hydrogen (secondary N) is 1. The van der Waals surface area contributed by atoms with Gasteiger partial charge in [-0.25, -0.2) is 0 Å². The first-order chi connectivity index (χ1) is 10.0. The topological polar surface area (TPSA) is 47.6 Å². The van der Waals surface area contributed by atoms with Crippen molar-refractivity contribution in [3.05, 3.63) is 29.8 Å². The Morgan fingerprint density at radius 1 is 1.24 bits per heavy atom. The average Bonchev–Trinajstić information content (AvgIpc) is 2.47. The van der Waals surface area contributed by atoms with Gasteiger partial charge in [-0.05, 0) is 45.9 Å². The van der Waals surface area contributed by atoms with Gasteiger partial charge in [0, 0.05) is 6.42 Å². The van der Waals surface area contributed by atoms with E-state index in [4.69, 9.17) is 9.47 Å². The molecular weight excluding hydrogens is 266 g/mol. The largest absolute Gasteiger partial charge is 0.494 e. The molecule has 1 aromatic carbocycles. The minimum Gasteiger partial charge on any atom is -0.494 e. The number of rotatable bonds is 9. The van der Waals surface area contributed by atoms with Crippen LogP contribution in [0.1, 0.15) is 39.2 Å². The summed E-state index contributed by atoms with van der Waals surface area (Å²) in [5, 5.41) is 3.27. The van der Waals surface area contributed by atoms with Crippen LogP contribution in [0.2, 0.25) is 0 Å². The second kappa shape index (κ2) is 8.67. The molecule has 1 N–H and O–H groups in total. The predicted octanol–water partition coefficient (Wildman–Crippen LogP) is 3.09. The molecule has 118 valence electrons. The molecule has 0 aliphatic rings. The quantitative estimate of drug-likeness (QED) is 0.711. The molecule has 0 radical (unpaired) electrons. The van der Waals surface area contributed by atoms with E-state index in [-0.39, 0.29) is 5.97 Å². The van der Waals surface area contributed by atoms with E-state index in [9.17, 15) is 4.79 Å². The van der Waals surface area contributed by atoms with Crippen LogP contribution < -0.4 is 10.1 Å². The Kier molecular flexibility index (Phi) is 7.23. The lowest BCUT2D eigenvalue weighted by Gasteiger charge is -2.28. The third-order valence-electron chi connectivity index (χ3n) is 3.38. The zero-order chi connectivity index (χ0) is 15.7. The molecule has 1 unspecified atom stereocenters. The number of carbonyl (C=O) groups is 1. The number of benzene rings is 1. The summed E-state index contributed by atoms with van der Waals surface area (Å²) in [7, 11) is 0. The maximum atomic E-state index is 12.1. The molecule has 0 fully saturated rings. The molecule has 4 nitrogen and oxygen atoms in total. The zero-order valence-electron chi connectivity index (χ0n) is 13.6. The van der Waals surface area contributed by atoms with E-state index >= 15 is 0 Å². The van der Waals surface area contributed by atoms with Crippen LogP contribution in [0.4, 0.5) is 0 Å². The second-order valence-electron chi connectivity index (χ2n) is 5.39. The van der Waals surface area contributed by atoms with E-state index in [1.165, 1.54) is 5.56 Å². The van der Waals surface area contributed by atoms with Gasteiger partial charge in [0.25, 0.3) is 0 Å². The fourth-order valence-corrected chi connectivity index (χ4v) is 1.96. The van der Waals surface area contributed by atoms with E-state index in [1.54, 1.807) is 0 Å². The molecule has 0 saturated heterocycles. The normalized spacial score (nSPS) is 13.5. The van der Waals surface area contributed by atoms with Crippen molar-refractivity contribution in [2.24, 2.45) is 0 Å². The summed E-state index contributed by atoms with van der Waals surface area (Å²) in [5.74, 6) is 0.605. The van der Waals surface area contributed by atoms with Crippen LogP contribution in [0.15, 0.2) is 24.3 Å². The molecule has 0 heterocycles. The van der Waals surface area contributed by atoms with Crippen LogP contribution in [0.25, 0.3) is 0 Å². The first-order valence-electron chi connectivity index (χ1n) is 7.63. The Balaban J connectivity index is 2.55. The fraction of sp³-hybridized carbons (Fsp3) is 0.588. The van der Waals surface area contributed by atoms with Crippen molar-refractivity contribution in [2.45, 2.75) is 46.1 Å². The summed E-state index contributed by atoms with van der Waals surface area (Å²) < 4.78 is 10.9. The minimum atomic E-state index is -0.698. The molecule has 0 aliphatic heterocycles. The molecule has 0 amide bonds. The maximum absolute atomic E-state index is 12.1. The van der Waals surface area contributed by atoms with Gasteiger partial charge in [0.2, 0.25) is 0 Å². The van der Waals surface area contributed by atoms with E-state index in [0.717, 1.165) is 18.7 Å². The summed E-state index contributed by atoms with van der Waals surface area (Å²) in [5.41, 5.74) is 0.500. The van der Waals surface area contributed by atoms with Gasteiger partial charge in [-0.2, -0.15) is 0 Å². The van der Waals surface area contributed by atoms with Crippen molar-refractivity contribution >= 4 is 5.97 Å². The number of carbonyl (C=O) groups excluding carboxylic acids is 1. The Labute approximate surface area is 127 Å². The van der Waals surface area contributed by atoms with E-state index in [0.29, 0.717) is 19.6 Å². The molecular formula is C17H27NO3. The summed E-state index contributed by atoms with van der Waals surface area (Å²) in [4.78, 5) is 12.1. The number of ether oxygens (including phenoxy) is 2. The molecule has 0 aromatic heterocycles. The summed E-state index contributed by atoms with van der Waals surface area (Å²) in [6.07, 6.45) is 1.54. The Morgan fingerprint density at radius 3 is 2.48 bits per heavy atom. The van der Waals surface area contributed by atoms with Gasteiger partial charge in [0.05, 0.1) is 13.2 Å². The molecule has 1 aromatic rings. The van der Waals surface area contributed by atoms with Crippen LogP contribution >= 0.6 is 0 Å². The fourth-order valence-electron chi connectivity index (χ4n) is 1.96. The first kappa shape index (κ1) is 17.5. The zero-order valence-corrected chi connectivity index (χ0v) is 13.6. The highest BCUT2D eigenvalue weighted by Crippen LogP contribution is 2.16. The van der Waals surface area contributed by atoms with Crippen LogP contribution in [0.5, 0.6) is 5.75 Å². The minimum absolute atomic E-state index is 0.217. The summed E-state index contributed by atoms with van der Waals surface area (Å²) in [6, 6.07) is 7.90. The van der Waals surface area contributed by atoms with E-state index < -0.39 is 5.54 Å². The lowest BCUT2D eigenvalue weighted by Crippen LogP contribution is -2.51. The second-order valence-corrected chi connectivity index (χ2v) is 5.39. The van der Waals surface area contributed by atoms with Crippen LogP contribution in [0, 0.1) is 6.92 Å². The van der Waals surface area contributed by atoms with Gasteiger partial charge >= 0.3 is 5.97 Å². The highest BCUT2D eigenvalue weighted by atomic mass is 16.5. The average molecular weight is 293 g/mol. The van der Waals surface area contributed by atoms with Crippen molar-refractivity contribution in [1.82, 2.24) is 5.32 Å². The lowest BCUT2D eigenvalue weighted by molar-refractivity contribution is -0.151. The molecule has 21 heavy (non-hydrogen) atoms. The smallest absolute Gasteiger partial charge is 0.326 e. The Hall–Kier alpha value is -1.55. The molecule has 1 atom stereocenters. The Morgan fingerprint density at radius 2 is 1.90 bits per heavy atom. The van der Waals surface area contributed by atoms with Crippen molar-refractivity contribution in [2.75, 3.05) is 19.8 Å². The van der Waals surface area contributed by atoms with Crippen LogP contribution in [0.3, 0.4) is 0 Å². The van der Waals surface area contributed by atoms with Gasteiger partial charge in [-0.3, -0.25) is 4.79 Å². The first-order valence-corrected chi connectivity index (χ1v) is 7.63. The molecule has 0 aliphatic carbocycles. The number of hydrogen-bond donors (Lipinski definition) is 1. The van der Waals surface area contributed by atoms with Crippen molar-refractivity contribution in [3.8, 4) is 5.75 Å². The number of hydrogen-bond acceptors (Lipinski definition) is 4. The van der Waals surface area contributed by atoms with Crippen molar-refractivity contribution in [1.29, 1.82) is 0 Å². The van der Waals surface area contributed by atoms with E-state index in [1.807, 2.05) is 45.0 Å². The third-order valence-corrected chi connectivity index (χ3v) is 3.38. The van der Waals surface area contributed by atoms with Gasteiger partial charge in [-0.1, -0.05) is 24.6 Å². The van der Waals surface area contributed by atoms with E-state index in [2.05, 4.69) is 12.2 Å². The number of aryl methyl sites for hydroxylation is 1. The maximum Gasteiger partial charge on any atom is 0.326 e. The summed E-state index contributed by atoms with van der Waals surface area (Å²) >= 11 is 0. The molecule has 0 bridgehead atoms. The molecule has 4 heteroatoms. The monoisotopic (exact) mass is 293 g/mol. The standard InChI is InChI=1S/C17H27NO3/c1-5-12-18-17(4,16(19)20-6-2)11-13-21-15-9-7-14(3)8-10-15/h7-10,18H,5-6,11-13H2,1-4H3. The summed E-state index contributed by atoms with van der Waals surface area (Å²) in [6.45, 7) is 9.44. The van der Waals surface area contributed by atoms with Gasteiger partial charge < -0.3 is 14.8 Å². The van der Waals surface area contributed by atoms with Gasteiger partial charge in [0.1, 0.15) is 11.3 Å². The Bertz CT molecular complexity index is 430. The van der Waals surface area contributed by atoms with Gasteiger partial charge in [-0.15, -0.1) is 0 Å². The van der Waals surface area contributed by atoms with Crippen molar-refractivity contribution < 1.29 is 14.3 Å². The van der Waals surface area contributed by atoms with Gasteiger partial charge in [0.15, 0.2) is 0 Å². The lowest BCUT2D eigenvalue weighted by atomic mass is 9.98. The molecule has 0 saturated carbocycles.